The third kappa shape index (κ3) is 3.11. The van der Waals surface area contributed by atoms with Crippen LogP contribution in [0, 0.1) is 5.92 Å². The molecule has 152 valence electrons. The van der Waals surface area contributed by atoms with Crippen LogP contribution in [0.2, 0.25) is 0 Å². The van der Waals surface area contributed by atoms with Gasteiger partial charge in [0.2, 0.25) is 0 Å². The smallest absolute Gasteiger partial charge is 0.157 e. The van der Waals surface area contributed by atoms with Crippen molar-refractivity contribution in [3.05, 3.63) is 119 Å². The normalized spacial score (nSPS) is 17.0. The van der Waals surface area contributed by atoms with Crippen LogP contribution in [-0.4, -0.2) is 20.4 Å². The molecule has 4 N–H and O–H groups in total. The largest absolute Gasteiger partial charge is 0.508 e. The van der Waals surface area contributed by atoms with Crippen molar-refractivity contribution < 1.29 is 20.4 Å². The summed E-state index contributed by atoms with van der Waals surface area (Å²) in [7, 11) is 0. The fourth-order valence-electron chi connectivity index (χ4n) is 4.49. The van der Waals surface area contributed by atoms with Gasteiger partial charge in [-0.25, -0.2) is 0 Å². The molecule has 0 saturated heterocycles. The van der Waals surface area contributed by atoms with Gasteiger partial charge < -0.3 is 20.4 Å². The Hall–Kier alpha value is -3.66. The van der Waals surface area contributed by atoms with E-state index in [1.165, 1.54) is 6.07 Å². The van der Waals surface area contributed by atoms with E-state index in [9.17, 15) is 20.4 Å². The molecule has 0 saturated carbocycles. The predicted octanol–water partition coefficient (Wildman–Crippen LogP) is 5.73. The highest BCUT2D eigenvalue weighted by atomic mass is 16.3. The molecule has 30 heavy (non-hydrogen) atoms. The van der Waals surface area contributed by atoms with Crippen LogP contribution < -0.4 is 0 Å². The Morgan fingerprint density at radius 2 is 1.27 bits per heavy atom. The van der Waals surface area contributed by atoms with Gasteiger partial charge in [-0.3, -0.25) is 0 Å². The maximum atomic E-state index is 10.4. The molecule has 0 radical (unpaired) electrons. The van der Waals surface area contributed by atoms with E-state index in [0.717, 1.165) is 22.3 Å². The van der Waals surface area contributed by atoms with Crippen LogP contribution in [0.15, 0.2) is 102 Å². The molecule has 0 fully saturated rings. The molecule has 0 bridgehead atoms. The first kappa shape index (κ1) is 19.6. The Balaban J connectivity index is 2.15. The van der Waals surface area contributed by atoms with E-state index < -0.39 is 5.41 Å². The molecule has 0 aromatic heterocycles. The second-order valence-corrected chi connectivity index (χ2v) is 7.72. The summed E-state index contributed by atoms with van der Waals surface area (Å²) in [5, 5.41) is 40.9. The number of aliphatic hydroxyl groups excluding tert-OH is 2. The fraction of sp³-hybridized carbons (Fsp3) is 0.154. The topological polar surface area (TPSA) is 80.9 Å². The van der Waals surface area contributed by atoms with E-state index in [1.54, 1.807) is 18.2 Å². The zero-order valence-corrected chi connectivity index (χ0v) is 16.7. The number of benzene rings is 3. The molecule has 1 aliphatic rings. The summed E-state index contributed by atoms with van der Waals surface area (Å²) in [5.41, 5.74) is 2.70. The van der Waals surface area contributed by atoms with Crippen molar-refractivity contribution in [2.75, 3.05) is 0 Å². The van der Waals surface area contributed by atoms with Crippen molar-refractivity contribution in [3.63, 3.8) is 0 Å². The Morgan fingerprint density at radius 1 is 0.700 bits per heavy atom. The lowest BCUT2D eigenvalue weighted by atomic mass is 9.60. The summed E-state index contributed by atoms with van der Waals surface area (Å²) in [4.78, 5) is 0. The minimum atomic E-state index is -0.845. The van der Waals surface area contributed by atoms with E-state index in [-0.39, 0.29) is 28.9 Å². The molecule has 3 aromatic carbocycles. The first-order chi connectivity index (χ1) is 14.4. The minimum absolute atomic E-state index is 0.0326. The summed E-state index contributed by atoms with van der Waals surface area (Å²) in [6, 6.07) is 24.6. The number of hydrogen-bond donors (Lipinski definition) is 4. The summed E-state index contributed by atoms with van der Waals surface area (Å²) in [5.74, 6) is -0.676. The van der Waals surface area contributed by atoms with E-state index >= 15 is 0 Å². The van der Waals surface area contributed by atoms with Crippen molar-refractivity contribution in [2.24, 2.45) is 5.92 Å². The number of hydrogen-bond acceptors (Lipinski definition) is 4. The Labute approximate surface area is 175 Å². The van der Waals surface area contributed by atoms with Gasteiger partial charge in [0.25, 0.3) is 0 Å². The molecular weight excluding hydrogens is 376 g/mol. The Bertz CT molecular complexity index is 1070. The number of phenols is 2. The van der Waals surface area contributed by atoms with Crippen molar-refractivity contribution in [1.29, 1.82) is 0 Å². The molecule has 0 heterocycles. The second kappa shape index (κ2) is 7.64. The highest BCUT2D eigenvalue weighted by molar-refractivity contribution is 5.62. The van der Waals surface area contributed by atoms with Gasteiger partial charge in [0.05, 0.1) is 5.41 Å². The predicted molar refractivity (Wildman–Crippen MR) is 117 cm³/mol. The van der Waals surface area contributed by atoms with Crippen LogP contribution in [0.1, 0.15) is 30.0 Å². The lowest BCUT2D eigenvalue weighted by molar-refractivity contribution is 0.297. The molecule has 1 unspecified atom stereocenters. The molecule has 1 aliphatic carbocycles. The molecule has 3 aromatic rings. The van der Waals surface area contributed by atoms with Gasteiger partial charge in [0.15, 0.2) is 17.3 Å². The van der Waals surface area contributed by atoms with E-state index in [2.05, 4.69) is 0 Å². The first-order valence-electron chi connectivity index (χ1n) is 9.91. The zero-order valence-electron chi connectivity index (χ0n) is 16.7. The molecule has 0 aliphatic heterocycles. The standard InChI is InChI=1S/C26H24O4/c1-17-14-23(28)25(30)16-21(17)26(18-8-4-2-5-9-18,19-10-6-3-7-11-19)20-12-13-22(27)24(29)15-20/h2-13,15-17,27-30H,14H2,1H3. The number of rotatable bonds is 4. The van der Waals surface area contributed by atoms with Crippen LogP contribution in [0.3, 0.4) is 0 Å². The van der Waals surface area contributed by atoms with Gasteiger partial charge in [0.1, 0.15) is 5.76 Å². The van der Waals surface area contributed by atoms with Crippen LogP contribution in [-0.2, 0) is 5.41 Å². The maximum Gasteiger partial charge on any atom is 0.157 e. The van der Waals surface area contributed by atoms with E-state index in [0.29, 0.717) is 6.42 Å². The van der Waals surface area contributed by atoms with Crippen molar-refractivity contribution in [1.82, 2.24) is 0 Å². The Morgan fingerprint density at radius 3 is 1.80 bits per heavy atom. The fourth-order valence-corrected chi connectivity index (χ4v) is 4.49. The molecular formula is C26H24O4. The molecule has 0 spiro atoms. The average molecular weight is 400 g/mol. The molecule has 1 atom stereocenters. The highest BCUT2D eigenvalue weighted by Gasteiger charge is 2.43. The SMILES string of the molecule is CC1CC(O)=C(O)C=C1C(c1ccccc1)(c1ccccc1)c1ccc(O)c(O)c1. The van der Waals surface area contributed by atoms with Crippen molar-refractivity contribution >= 4 is 0 Å². The number of allylic oxidation sites excluding steroid dienone is 3. The number of aromatic hydroxyl groups is 2. The summed E-state index contributed by atoms with van der Waals surface area (Å²) in [6.45, 7) is 2.01. The van der Waals surface area contributed by atoms with Crippen molar-refractivity contribution in [2.45, 2.75) is 18.8 Å². The third-order valence-electron chi connectivity index (χ3n) is 5.87. The van der Waals surface area contributed by atoms with Crippen LogP contribution in [0.4, 0.5) is 0 Å². The first-order valence-corrected chi connectivity index (χ1v) is 9.91. The van der Waals surface area contributed by atoms with Gasteiger partial charge in [-0.05, 0) is 46.4 Å². The third-order valence-corrected chi connectivity index (χ3v) is 5.87. The van der Waals surface area contributed by atoms with Crippen LogP contribution >= 0.6 is 0 Å². The monoisotopic (exact) mass is 400 g/mol. The molecule has 4 rings (SSSR count). The molecule has 0 amide bonds. The highest BCUT2D eigenvalue weighted by Crippen LogP contribution is 2.51. The van der Waals surface area contributed by atoms with Gasteiger partial charge in [-0.1, -0.05) is 73.7 Å². The van der Waals surface area contributed by atoms with Crippen LogP contribution in [0.5, 0.6) is 11.5 Å². The number of phenolic OH excluding ortho intramolecular Hbond substituents is 2. The second-order valence-electron chi connectivity index (χ2n) is 7.72. The maximum absolute atomic E-state index is 10.4. The summed E-state index contributed by atoms with van der Waals surface area (Å²) < 4.78 is 0. The zero-order chi connectivity index (χ0) is 21.3. The van der Waals surface area contributed by atoms with Gasteiger partial charge >= 0.3 is 0 Å². The van der Waals surface area contributed by atoms with E-state index in [4.69, 9.17) is 0 Å². The number of aliphatic hydroxyl groups is 2. The minimum Gasteiger partial charge on any atom is -0.508 e. The quantitative estimate of drug-likeness (QED) is 0.333. The van der Waals surface area contributed by atoms with Gasteiger partial charge in [0, 0.05) is 6.42 Å². The molecule has 4 heteroatoms. The summed E-state index contributed by atoms with van der Waals surface area (Å²) in [6.07, 6.45) is 1.94. The Kier molecular flexibility index (Phi) is 5.00. The van der Waals surface area contributed by atoms with E-state index in [1.807, 2.05) is 67.6 Å². The lowest BCUT2D eigenvalue weighted by Crippen LogP contribution is -2.36. The lowest BCUT2D eigenvalue weighted by Gasteiger charge is -2.42. The van der Waals surface area contributed by atoms with Crippen LogP contribution in [0.25, 0.3) is 0 Å². The average Bonchev–Trinajstić information content (AvgIpc) is 2.76. The van der Waals surface area contributed by atoms with Crippen molar-refractivity contribution in [3.8, 4) is 11.5 Å². The summed E-state index contributed by atoms with van der Waals surface area (Å²) >= 11 is 0. The van der Waals surface area contributed by atoms with Gasteiger partial charge in [-0.2, -0.15) is 0 Å². The van der Waals surface area contributed by atoms with Gasteiger partial charge in [-0.15, -0.1) is 0 Å². The molecule has 4 nitrogen and oxygen atoms in total.